The Kier molecular flexibility index (Phi) is 21.2. The van der Waals surface area contributed by atoms with E-state index in [1.807, 2.05) is 13.8 Å². The summed E-state index contributed by atoms with van der Waals surface area (Å²) in [6.07, 6.45) is 8.64. The van der Waals surface area contributed by atoms with E-state index in [9.17, 15) is 14.2 Å². The molecule has 0 aromatic heterocycles. The monoisotopic (exact) mass is 574 g/mol. The predicted molar refractivity (Wildman–Crippen MR) is 151 cm³/mol. The molecule has 9 nitrogen and oxygen atoms in total. The van der Waals surface area contributed by atoms with Crippen molar-refractivity contribution in [3.05, 3.63) is 25.3 Å². The van der Waals surface area contributed by atoms with Crippen LogP contribution in [0.25, 0.3) is 0 Å². The summed E-state index contributed by atoms with van der Waals surface area (Å²) in [5.41, 5.74) is -2.04. The first kappa shape index (κ1) is 37.4. The maximum absolute atomic E-state index is 13.1. The molecule has 0 radical (unpaired) electrons. The largest absolute Gasteiger partial charge is 0.432 e. The molecular weight excluding hydrogens is 523 g/mol. The highest BCUT2D eigenvalue weighted by atomic mass is 31.1. The minimum Gasteiger partial charge on any atom is -0.432 e. The Bertz CT molecular complexity index is 717. The van der Waals surface area contributed by atoms with Crippen molar-refractivity contribution in [2.75, 3.05) is 13.2 Å². The van der Waals surface area contributed by atoms with Crippen LogP contribution in [-0.4, -0.2) is 49.0 Å². The molecular formula is C29H51O9P. The molecule has 0 aromatic rings. The summed E-state index contributed by atoms with van der Waals surface area (Å²) in [7, 11) is -0.612. The van der Waals surface area contributed by atoms with Gasteiger partial charge in [-0.05, 0) is 32.6 Å². The second-order valence-electron chi connectivity index (χ2n) is 9.39. The lowest BCUT2D eigenvalue weighted by molar-refractivity contribution is -0.412. The van der Waals surface area contributed by atoms with Gasteiger partial charge in [-0.1, -0.05) is 79.4 Å². The first-order valence-electron chi connectivity index (χ1n) is 14.3. The summed E-state index contributed by atoms with van der Waals surface area (Å²) in [6.45, 7) is 17.0. The van der Waals surface area contributed by atoms with E-state index in [0.29, 0.717) is 38.5 Å². The van der Waals surface area contributed by atoms with Gasteiger partial charge in [-0.2, -0.15) is 0 Å². The first-order valence-corrected chi connectivity index (χ1v) is 15.2. The normalized spacial score (nSPS) is 16.0. The Hall–Kier alpha value is -1.64. The van der Waals surface area contributed by atoms with Gasteiger partial charge in [-0.15, -0.1) is 0 Å². The van der Waals surface area contributed by atoms with E-state index in [1.165, 1.54) is 0 Å². The quantitative estimate of drug-likeness (QED) is 0.0339. The molecule has 0 heterocycles. The van der Waals surface area contributed by atoms with Crippen molar-refractivity contribution in [1.29, 1.82) is 0 Å². The minimum absolute atomic E-state index is 0.183. The number of rotatable bonds is 26. The molecule has 0 saturated heterocycles. The van der Waals surface area contributed by atoms with Crippen LogP contribution in [0.2, 0.25) is 0 Å². The van der Waals surface area contributed by atoms with Gasteiger partial charge < -0.3 is 23.7 Å². The van der Waals surface area contributed by atoms with Crippen LogP contribution in [0.15, 0.2) is 25.3 Å². The molecule has 0 fully saturated rings. The average molecular weight is 575 g/mol. The molecule has 0 spiro atoms. The number of esters is 2. The highest BCUT2D eigenvalue weighted by Gasteiger charge is 2.58. The zero-order valence-electron chi connectivity index (χ0n) is 24.7. The fraction of sp³-hybridized carbons (Fsp3) is 0.793. The Labute approximate surface area is 237 Å². The van der Waals surface area contributed by atoms with Crippen LogP contribution in [0.1, 0.15) is 112 Å². The zero-order chi connectivity index (χ0) is 29.6. The Morgan fingerprint density at radius 2 is 1.15 bits per heavy atom. The van der Waals surface area contributed by atoms with Gasteiger partial charge in [0, 0.05) is 25.0 Å². The summed E-state index contributed by atoms with van der Waals surface area (Å²) >= 11 is 0. The Morgan fingerprint density at radius 3 is 1.56 bits per heavy atom. The molecule has 10 heteroatoms. The van der Waals surface area contributed by atoms with Crippen molar-refractivity contribution in [2.45, 2.75) is 136 Å². The van der Waals surface area contributed by atoms with Crippen molar-refractivity contribution in [3.63, 3.8) is 0 Å². The number of carbonyl (C=O) groups excluding carboxylic acids is 2. The maximum Gasteiger partial charge on any atom is 0.332 e. The van der Waals surface area contributed by atoms with Gasteiger partial charge in [0.1, 0.15) is 0 Å². The molecule has 0 amide bonds. The van der Waals surface area contributed by atoms with E-state index < -0.39 is 44.3 Å². The smallest absolute Gasteiger partial charge is 0.332 e. The third-order valence-corrected chi connectivity index (χ3v) is 6.81. The molecule has 0 aliphatic rings. The van der Waals surface area contributed by atoms with Gasteiger partial charge >= 0.3 is 17.5 Å². The summed E-state index contributed by atoms with van der Waals surface area (Å²) in [5, 5.41) is 0. The standard InChI is InChI=1S/C29H51O9P/c1-8-14-18-22-33-28(7,37-26(20-16-10-3)35-24(30)12-5)29(39-32,34-23-19-15-9-2)38-27(21-17-11-4)36-25(31)13-6/h12-13,26-27H,5-6,8-11,14-23H2,1-4,7H3. The van der Waals surface area contributed by atoms with Crippen molar-refractivity contribution < 1.29 is 42.6 Å². The van der Waals surface area contributed by atoms with Crippen LogP contribution in [0, 0.1) is 0 Å². The van der Waals surface area contributed by atoms with E-state index in [0.717, 1.165) is 50.7 Å². The average Bonchev–Trinajstić information content (AvgIpc) is 2.93. The fourth-order valence-electron chi connectivity index (χ4n) is 3.59. The van der Waals surface area contributed by atoms with Crippen LogP contribution < -0.4 is 0 Å². The van der Waals surface area contributed by atoms with Crippen LogP contribution >= 0.6 is 8.46 Å². The lowest BCUT2D eigenvalue weighted by Crippen LogP contribution is -2.59. The topological polar surface area (TPSA) is 107 Å². The molecule has 0 aromatic carbocycles. The summed E-state index contributed by atoms with van der Waals surface area (Å²) in [6, 6.07) is 0. The van der Waals surface area contributed by atoms with Gasteiger partial charge in [-0.25, -0.2) is 9.59 Å². The summed E-state index contributed by atoms with van der Waals surface area (Å²) < 4.78 is 49.0. The second kappa shape index (κ2) is 22.1. The third kappa shape index (κ3) is 14.5. The lowest BCUT2D eigenvalue weighted by atomic mass is 10.2. The molecule has 0 aliphatic carbocycles. The Balaban J connectivity index is 6.59. The molecule has 0 N–H and O–H groups in total. The van der Waals surface area contributed by atoms with Gasteiger partial charge in [-0.3, -0.25) is 9.30 Å². The fourth-order valence-corrected chi connectivity index (χ4v) is 4.18. The second-order valence-corrected chi connectivity index (χ2v) is 10.2. The van der Waals surface area contributed by atoms with Crippen LogP contribution in [-0.2, 0) is 42.6 Å². The van der Waals surface area contributed by atoms with Crippen molar-refractivity contribution >= 4 is 20.4 Å². The lowest BCUT2D eigenvalue weighted by Gasteiger charge is -2.44. The van der Waals surface area contributed by atoms with Crippen molar-refractivity contribution in [1.82, 2.24) is 0 Å². The molecule has 0 saturated carbocycles. The number of unbranched alkanes of at least 4 members (excludes halogenated alkanes) is 6. The van der Waals surface area contributed by atoms with E-state index >= 15 is 0 Å². The molecule has 4 atom stereocenters. The van der Waals surface area contributed by atoms with E-state index in [2.05, 4.69) is 27.0 Å². The summed E-state index contributed by atoms with van der Waals surface area (Å²) in [4.78, 5) is 24.3. The minimum atomic E-state index is -2.04. The predicted octanol–water partition coefficient (Wildman–Crippen LogP) is 7.59. The van der Waals surface area contributed by atoms with Gasteiger partial charge in [0.15, 0.2) is 0 Å². The Morgan fingerprint density at radius 1 is 0.718 bits per heavy atom. The van der Waals surface area contributed by atoms with Gasteiger partial charge in [0.05, 0.1) is 13.2 Å². The third-order valence-electron chi connectivity index (χ3n) is 5.93. The maximum atomic E-state index is 13.1. The van der Waals surface area contributed by atoms with E-state index in [-0.39, 0.29) is 13.2 Å². The number of hydrogen-bond acceptors (Lipinski definition) is 9. The molecule has 226 valence electrons. The molecule has 0 rings (SSSR count). The number of ether oxygens (including phenoxy) is 6. The SMILES string of the molecule is C=CC(=O)OC(CCCC)OC(C)(OCCCCC)C(OCCCCC)(OC(CCCC)OC(=O)C=C)P=O. The van der Waals surface area contributed by atoms with E-state index in [1.54, 1.807) is 6.92 Å². The van der Waals surface area contributed by atoms with Crippen LogP contribution in [0.4, 0.5) is 0 Å². The van der Waals surface area contributed by atoms with E-state index in [4.69, 9.17) is 28.4 Å². The van der Waals surface area contributed by atoms with Crippen molar-refractivity contribution in [2.24, 2.45) is 0 Å². The summed E-state index contributed by atoms with van der Waals surface area (Å²) in [5.74, 6) is -3.17. The molecule has 0 bridgehead atoms. The van der Waals surface area contributed by atoms with Gasteiger partial charge in [0.25, 0.3) is 0 Å². The number of carbonyl (C=O) groups is 2. The first-order chi connectivity index (χ1) is 18.7. The highest BCUT2D eigenvalue weighted by Crippen LogP contribution is 2.44. The van der Waals surface area contributed by atoms with Crippen LogP contribution in [0.5, 0.6) is 0 Å². The van der Waals surface area contributed by atoms with Crippen molar-refractivity contribution in [3.8, 4) is 0 Å². The van der Waals surface area contributed by atoms with Gasteiger partial charge in [0.2, 0.25) is 26.8 Å². The highest BCUT2D eigenvalue weighted by molar-refractivity contribution is 7.25. The number of hydrogen-bond donors (Lipinski definition) is 0. The molecule has 39 heavy (non-hydrogen) atoms. The van der Waals surface area contributed by atoms with Crippen LogP contribution in [0.3, 0.4) is 0 Å². The zero-order valence-corrected chi connectivity index (χ0v) is 25.6. The molecule has 0 aliphatic heterocycles. The molecule has 4 unspecified atom stereocenters.